The lowest BCUT2D eigenvalue weighted by atomic mass is 10.1. The molecule has 0 spiro atoms. The molecule has 3 rings (SSSR count). The average Bonchev–Trinajstić information content (AvgIpc) is 2.81. The Labute approximate surface area is 213 Å². The quantitative estimate of drug-likeness (QED) is 0.242. The highest BCUT2D eigenvalue weighted by Crippen LogP contribution is 2.35. The van der Waals surface area contributed by atoms with Crippen LogP contribution in [0.5, 0.6) is 11.5 Å². The molecule has 174 valence electrons. The van der Waals surface area contributed by atoms with Crippen LogP contribution in [0.25, 0.3) is 6.08 Å². The van der Waals surface area contributed by atoms with Crippen LogP contribution in [0.15, 0.2) is 64.6 Å². The van der Waals surface area contributed by atoms with Crippen molar-refractivity contribution in [3.8, 4) is 17.6 Å². The molecule has 0 aliphatic carbocycles. The number of aryl methyl sites for hydroxylation is 1. The Bertz CT molecular complexity index is 1280. The number of rotatable bonds is 8. The highest BCUT2D eigenvalue weighted by molar-refractivity contribution is 9.10. The molecule has 0 heterocycles. The van der Waals surface area contributed by atoms with Crippen molar-refractivity contribution in [1.29, 1.82) is 5.26 Å². The topological polar surface area (TPSA) is 71.3 Å². The second kappa shape index (κ2) is 11.7. The van der Waals surface area contributed by atoms with E-state index in [1.165, 1.54) is 6.08 Å². The van der Waals surface area contributed by atoms with Gasteiger partial charge in [0.05, 0.1) is 6.61 Å². The average molecular weight is 540 g/mol. The van der Waals surface area contributed by atoms with Crippen molar-refractivity contribution in [2.75, 3.05) is 11.9 Å². The number of halogens is 2. The number of anilines is 1. The first-order chi connectivity index (χ1) is 16.3. The van der Waals surface area contributed by atoms with E-state index in [4.69, 9.17) is 21.1 Å². The van der Waals surface area contributed by atoms with E-state index in [1.807, 2.05) is 38.1 Å². The van der Waals surface area contributed by atoms with Gasteiger partial charge < -0.3 is 14.8 Å². The van der Waals surface area contributed by atoms with Crippen LogP contribution in [0, 0.1) is 25.2 Å². The number of carbonyl (C=O) groups excluding carboxylic acids is 1. The lowest BCUT2D eigenvalue weighted by Gasteiger charge is -2.14. The predicted molar refractivity (Wildman–Crippen MR) is 139 cm³/mol. The van der Waals surface area contributed by atoms with Crippen LogP contribution in [0.1, 0.15) is 29.2 Å². The zero-order chi connectivity index (χ0) is 24.7. The van der Waals surface area contributed by atoms with Crippen LogP contribution in [-0.4, -0.2) is 12.5 Å². The lowest BCUT2D eigenvalue weighted by Crippen LogP contribution is -2.14. The molecule has 3 aromatic rings. The molecule has 0 atom stereocenters. The Morgan fingerprint density at radius 3 is 2.56 bits per heavy atom. The molecule has 5 nitrogen and oxygen atoms in total. The summed E-state index contributed by atoms with van der Waals surface area (Å²) in [5.41, 5.74) is 4.03. The molecule has 34 heavy (non-hydrogen) atoms. The van der Waals surface area contributed by atoms with E-state index in [0.717, 1.165) is 16.7 Å². The Kier molecular flexibility index (Phi) is 8.75. The summed E-state index contributed by atoms with van der Waals surface area (Å²) in [6.45, 7) is 6.53. The number of nitrogens with zero attached hydrogens (tertiary/aromatic N) is 1. The number of nitrogens with one attached hydrogen (secondary N) is 1. The highest BCUT2D eigenvalue weighted by Gasteiger charge is 2.15. The van der Waals surface area contributed by atoms with Crippen molar-refractivity contribution in [2.24, 2.45) is 0 Å². The third-order valence-electron chi connectivity index (χ3n) is 5.02. The van der Waals surface area contributed by atoms with E-state index >= 15 is 0 Å². The van der Waals surface area contributed by atoms with Crippen LogP contribution in [0.2, 0.25) is 5.02 Å². The van der Waals surface area contributed by atoms with Crippen molar-refractivity contribution in [2.45, 2.75) is 27.4 Å². The molecular formula is C27H24BrClN2O3. The fraction of sp³-hybridized carbons (Fsp3) is 0.185. The maximum absolute atomic E-state index is 12.8. The van der Waals surface area contributed by atoms with E-state index in [9.17, 15) is 10.1 Å². The van der Waals surface area contributed by atoms with Crippen molar-refractivity contribution < 1.29 is 14.3 Å². The molecule has 3 aromatic carbocycles. The molecule has 0 bridgehead atoms. The van der Waals surface area contributed by atoms with E-state index in [0.29, 0.717) is 45.5 Å². The van der Waals surface area contributed by atoms with E-state index < -0.39 is 5.91 Å². The van der Waals surface area contributed by atoms with Gasteiger partial charge in [-0.1, -0.05) is 63.4 Å². The summed E-state index contributed by atoms with van der Waals surface area (Å²) in [6.07, 6.45) is 1.51. The van der Waals surface area contributed by atoms with Crippen molar-refractivity contribution >= 4 is 45.2 Å². The third-order valence-corrected chi connectivity index (χ3v) is 6.12. The zero-order valence-corrected chi connectivity index (χ0v) is 21.5. The number of carbonyl (C=O) groups is 1. The van der Waals surface area contributed by atoms with Crippen LogP contribution < -0.4 is 14.8 Å². The van der Waals surface area contributed by atoms with Gasteiger partial charge in [-0.25, -0.2) is 0 Å². The lowest BCUT2D eigenvalue weighted by molar-refractivity contribution is -0.112. The molecule has 0 saturated heterocycles. The number of ether oxygens (including phenoxy) is 2. The molecule has 1 N–H and O–H groups in total. The molecule has 0 aliphatic heterocycles. The molecular weight excluding hydrogens is 516 g/mol. The summed E-state index contributed by atoms with van der Waals surface area (Å²) >= 11 is 9.66. The summed E-state index contributed by atoms with van der Waals surface area (Å²) in [4.78, 5) is 12.8. The first-order valence-corrected chi connectivity index (χ1v) is 11.8. The maximum atomic E-state index is 12.8. The van der Waals surface area contributed by atoms with Crippen molar-refractivity contribution in [3.05, 3.63) is 91.9 Å². The maximum Gasteiger partial charge on any atom is 0.266 e. The van der Waals surface area contributed by atoms with Gasteiger partial charge in [-0.05, 0) is 67.8 Å². The summed E-state index contributed by atoms with van der Waals surface area (Å²) in [7, 11) is 0. The van der Waals surface area contributed by atoms with Gasteiger partial charge in [0.15, 0.2) is 11.5 Å². The van der Waals surface area contributed by atoms with Crippen molar-refractivity contribution in [1.82, 2.24) is 0 Å². The van der Waals surface area contributed by atoms with Gasteiger partial charge in [0, 0.05) is 15.2 Å². The molecule has 0 aliphatic rings. The predicted octanol–water partition coefficient (Wildman–Crippen LogP) is 7.24. The van der Waals surface area contributed by atoms with Crippen LogP contribution in [-0.2, 0) is 11.4 Å². The zero-order valence-electron chi connectivity index (χ0n) is 19.1. The first-order valence-electron chi connectivity index (χ1n) is 10.6. The largest absolute Gasteiger partial charge is 0.490 e. The number of amides is 1. The normalized spacial score (nSPS) is 11.0. The number of nitriles is 1. The van der Waals surface area contributed by atoms with Gasteiger partial charge in [0.25, 0.3) is 5.91 Å². The van der Waals surface area contributed by atoms with Gasteiger partial charge >= 0.3 is 0 Å². The SMILES string of the molecule is CCOc1cc(/C=C(\C#N)C(=O)Nc2cccc(Cl)c2C)c(Br)cc1OCc1cccc(C)c1. The fourth-order valence-corrected chi connectivity index (χ4v) is 3.85. The minimum Gasteiger partial charge on any atom is -0.490 e. The second-order valence-electron chi connectivity index (χ2n) is 7.57. The monoisotopic (exact) mass is 538 g/mol. The molecule has 0 saturated carbocycles. The highest BCUT2D eigenvalue weighted by atomic mass is 79.9. The smallest absolute Gasteiger partial charge is 0.266 e. The fourth-order valence-electron chi connectivity index (χ4n) is 3.24. The van der Waals surface area contributed by atoms with Crippen LogP contribution in [0.3, 0.4) is 0 Å². The van der Waals surface area contributed by atoms with Crippen LogP contribution >= 0.6 is 27.5 Å². The van der Waals surface area contributed by atoms with E-state index in [2.05, 4.69) is 27.3 Å². The van der Waals surface area contributed by atoms with Gasteiger partial charge in [-0.2, -0.15) is 5.26 Å². The summed E-state index contributed by atoms with van der Waals surface area (Å²) in [5.74, 6) is 0.551. The van der Waals surface area contributed by atoms with Gasteiger partial charge in [0.2, 0.25) is 0 Å². The number of benzene rings is 3. The Balaban J connectivity index is 1.87. The Morgan fingerprint density at radius 2 is 1.85 bits per heavy atom. The Hall–Kier alpha value is -3.27. The number of hydrogen-bond donors (Lipinski definition) is 1. The standard InChI is InChI=1S/C27H24BrClN2O3/c1-4-33-25-13-20(22(28)14-26(25)34-16-19-8-5-7-17(2)11-19)12-21(15-30)27(32)31-24-10-6-9-23(29)18(24)3/h5-14H,4,16H2,1-3H3,(H,31,32)/b21-12+. The molecule has 1 amide bonds. The minimum absolute atomic E-state index is 0.0593. The molecule has 0 radical (unpaired) electrons. The van der Waals surface area contributed by atoms with Crippen molar-refractivity contribution in [3.63, 3.8) is 0 Å². The molecule has 0 aromatic heterocycles. The summed E-state index contributed by atoms with van der Waals surface area (Å²) in [6, 6.07) is 18.8. The van der Waals surface area contributed by atoms with Gasteiger partial charge in [-0.3, -0.25) is 4.79 Å². The van der Waals surface area contributed by atoms with Gasteiger partial charge in [0.1, 0.15) is 18.2 Å². The van der Waals surface area contributed by atoms with Gasteiger partial charge in [-0.15, -0.1) is 0 Å². The summed E-state index contributed by atoms with van der Waals surface area (Å²) < 4.78 is 12.4. The first kappa shape index (κ1) is 25.4. The summed E-state index contributed by atoms with van der Waals surface area (Å²) in [5, 5.41) is 12.9. The molecule has 7 heteroatoms. The molecule has 0 fully saturated rings. The minimum atomic E-state index is -0.530. The molecule has 0 unspecified atom stereocenters. The number of hydrogen-bond acceptors (Lipinski definition) is 4. The van der Waals surface area contributed by atoms with E-state index in [-0.39, 0.29) is 5.57 Å². The van der Waals surface area contributed by atoms with E-state index in [1.54, 1.807) is 37.3 Å². The second-order valence-corrected chi connectivity index (χ2v) is 8.83. The van der Waals surface area contributed by atoms with Crippen LogP contribution in [0.4, 0.5) is 5.69 Å². The third kappa shape index (κ3) is 6.40. The Morgan fingerprint density at radius 1 is 1.12 bits per heavy atom.